The van der Waals surface area contributed by atoms with Gasteiger partial charge in [-0.2, -0.15) is 0 Å². The predicted octanol–water partition coefficient (Wildman–Crippen LogP) is 5.26. The molecule has 0 saturated heterocycles. The van der Waals surface area contributed by atoms with E-state index in [1.54, 1.807) is 6.07 Å². The lowest BCUT2D eigenvalue weighted by atomic mass is 10.1. The van der Waals surface area contributed by atoms with Crippen LogP contribution in [0.4, 0.5) is 11.6 Å². The fourth-order valence-electron chi connectivity index (χ4n) is 4.00. The average Bonchev–Trinajstić information content (AvgIpc) is 3.50. The number of carbonyl (C=O) groups excluding carboxylic acids is 1. The highest BCUT2D eigenvalue weighted by atomic mass is 35.5. The van der Waals surface area contributed by atoms with Gasteiger partial charge in [0.15, 0.2) is 0 Å². The van der Waals surface area contributed by atoms with E-state index in [9.17, 15) is 4.79 Å². The van der Waals surface area contributed by atoms with Gasteiger partial charge in [-0.15, -0.1) is 0 Å². The lowest BCUT2D eigenvalue weighted by Gasteiger charge is -2.07. The van der Waals surface area contributed by atoms with Crippen LogP contribution in [0.2, 0.25) is 5.02 Å². The maximum absolute atomic E-state index is 12.7. The second-order valence-electron chi connectivity index (χ2n) is 8.75. The van der Waals surface area contributed by atoms with Crippen molar-refractivity contribution < 1.29 is 4.79 Å². The van der Waals surface area contributed by atoms with Crippen LogP contribution in [0.3, 0.4) is 0 Å². The van der Waals surface area contributed by atoms with Crippen molar-refractivity contribution in [2.24, 2.45) is 5.92 Å². The molecular weight excluding hydrogens is 436 g/mol. The van der Waals surface area contributed by atoms with Crippen molar-refractivity contribution in [2.45, 2.75) is 38.6 Å². The molecule has 0 bridgehead atoms. The third-order valence-corrected chi connectivity index (χ3v) is 6.20. The summed E-state index contributed by atoms with van der Waals surface area (Å²) in [7, 11) is 0. The van der Waals surface area contributed by atoms with Crippen LogP contribution in [0.25, 0.3) is 5.65 Å². The van der Waals surface area contributed by atoms with Crippen molar-refractivity contribution in [3.05, 3.63) is 83.0 Å². The van der Waals surface area contributed by atoms with Crippen LogP contribution in [0, 0.1) is 5.92 Å². The molecule has 0 spiro atoms. The fourth-order valence-corrected chi connectivity index (χ4v) is 4.20. The number of benzene rings is 1. The Hall–Kier alpha value is -3.45. The van der Waals surface area contributed by atoms with Gasteiger partial charge in [-0.3, -0.25) is 4.79 Å². The molecule has 1 amide bonds. The number of aromatic nitrogens is 4. The molecule has 5 rings (SSSR count). The van der Waals surface area contributed by atoms with Crippen molar-refractivity contribution in [3.8, 4) is 0 Å². The Morgan fingerprint density at radius 1 is 1.15 bits per heavy atom. The highest BCUT2D eigenvalue weighted by molar-refractivity contribution is 6.30. The van der Waals surface area contributed by atoms with Crippen LogP contribution < -0.4 is 10.6 Å². The molecule has 0 aliphatic heterocycles. The summed E-state index contributed by atoms with van der Waals surface area (Å²) in [5, 5.41) is 6.87. The Morgan fingerprint density at radius 3 is 2.82 bits per heavy atom. The number of nitrogens with one attached hydrogen (secondary N) is 2. The van der Waals surface area contributed by atoms with Crippen LogP contribution in [0.1, 0.15) is 48.9 Å². The molecule has 3 aromatic heterocycles. The Labute approximate surface area is 197 Å². The molecule has 2 N–H and O–H groups in total. The first-order valence-corrected chi connectivity index (χ1v) is 11.4. The number of pyridine rings is 1. The van der Waals surface area contributed by atoms with Gasteiger partial charge in [0.25, 0.3) is 0 Å². The quantitative estimate of drug-likeness (QED) is 0.393. The van der Waals surface area contributed by atoms with Gasteiger partial charge in [0.1, 0.15) is 23.6 Å². The van der Waals surface area contributed by atoms with Crippen molar-refractivity contribution in [1.82, 2.24) is 19.4 Å². The molecule has 1 fully saturated rings. The lowest BCUT2D eigenvalue weighted by Crippen LogP contribution is -2.16. The number of halogens is 1. The Morgan fingerprint density at radius 2 is 2.00 bits per heavy atom. The molecule has 1 aromatic carbocycles. The van der Waals surface area contributed by atoms with Crippen LogP contribution in [0.5, 0.6) is 0 Å². The molecule has 2 unspecified atom stereocenters. The van der Waals surface area contributed by atoms with Gasteiger partial charge < -0.3 is 15.0 Å². The van der Waals surface area contributed by atoms with E-state index in [1.165, 1.54) is 11.9 Å². The molecule has 0 radical (unpaired) electrons. The largest absolute Gasteiger partial charge is 0.364 e. The normalized spacial score (nSPS) is 17.3. The molecule has 1 aliphatic rings. The van der Waals surface area contributed by atoms with Gasteiger partial charge in [0.2, 0.25) is 5.91 Å². The van der Waals surface area contributed by atoms with Gasteiger partial charge in [-0.1, -0.05) is 43.6 Å². The molecule has 7 nitrogen and oxygen atoms in total. The summed E-state index contributed by atoms with van der Waals surface area (Å²) >= 11 is 6.08. The van der Waals surface area contributed by atoms with Gasteiger partial charge in [-0.05, 0) is 47.6 Å². The van der Waals surface area contributed by atoms with Crippen molar-refractivity contribution in [3.63, 3.8) is 0 Å². The van der Waals surface area contributed by atoms with Crippen LogP contribution in [-0.4, -0.2) is 25.3 Å². The second-order valence-corrected chi connectivity index (χ2v) is 9.19. The van der Waals surface area contributed by atoms with E-state index >= 15 is 0 Å². The van der Waals surface area contributed by atoms with Gasteiger partial charge in [-0.25, -0.2) is 15.0 Å². The third kappa shape index (κ3) is 4.83. The Bertz CT molecular complexity index is 1320. The minimum absolute atomic E-state index is 0.0362. The van der Waals surface area contributed by atoms with Gasteiger partial charge in [0, 0.05) is 29.4 Å². The van der Waals surface area contributed by atoms with E-state index < -0.39 is 0 Å². The number of hydrogen-bond donors (Lipinski definition) is 2. The fraction of sp³-hybridized carbons (Fsp3) is 0.280. The molecular formula is C25H25ClN6O. The smallest absolute Gasteiger partial charge is 0.229 e. The standard InChI is InChI=1S/C25H25ClN6O/c1-15(2)17-6-7-24-30-19(13-32(24)12-17)11-27-22-10-23(29-14-28-22)31-25(33)21-9-20(21)16-4-3-5-18(26)8-16/h3-8,10,12-15,20-21H,9,11H2,1-2H3,(H2,27,28,29,31,33). The maximum atomic E-state index is 12.7. The summed E-state index contributed by atoms with van der Waals surface area (Å²) in [5.74, 6) is 1.67. The SMILES string of the molecule is CC(C)c1ccc2nc(CNc3cc(NC(=O)C4CC4c4cccc(Cl)c4)ncn3)cn2c1. The van der Waals surface area contributed by atoms with Crippen molar-refractivity contribution in [1.29, 1.82) is 0 Å². The number of imidazole rings is 1. The first-order valence-electron chi connectivity index (χ1n) is 11.1. The van der Waals surface area contributed by atoms with Crippen LogP contribution in [-0.2, 0) is 11.3 Å². The Kier molecular flexibility index (Phi) is 5.72. The van der Waals surface area contributed by atoms with E-state index in [1.807, 2.05) is 40.9 Å². The summed E-state index contributed by atoms with van der Waals surface area (Å²) in [4.78, 5) is 25.8. The maximum Gasteiger partial charge on any atom is 0.229 e. The van der Waals surface area contributed by atoms with E-state index in [-0.39, 0.29) is 17.7 Å². The van der Waals surface area contributed by atoms with Gasteiger partial charge in [0.05, 0.1) is 12.2 Å². The zero-order valence-electron chi connectivity index (χ0n) is 18.5. The predicted molar refractivity (Wildman–Crippen MR) is 130 cm³/mol. The summed E-state index contributed by atoms with van der Waals surface area (Å²) in [6, 6.07) is 13.6. The highest BCUT2D eigenvalue weighted by Crippen LogP contribution is 2.48. The number of carbonyl (C=O) groups is 1. The number of nitrogens with zero attached hydrogens (tertiary/aromatic N) is 4. The monoisotopic (exact) mass is 460 g/mol. The molecule has 33 heavy (non-hydrogen) atoms. The first kappa shape index (κ1) is 21.4. The first-order chi connectivity index (χ1) is 16.0. The minimum Gasteiger partial charge on any atom is -0.364 e. The average molecular weight is 461 g/mol. The molecule has 2 atom stereocenters. The number of rotatable bonds is 7. The summed E-state index contributed by atoms with van der Waals surface area (Å²) in [6.07, 6.45) is 6.39. The second kappa shape index (κ2) is 8.83. The summed E-state index contributed by atoms with van der Waals surface area (Å²) < 4.78 is 2.05. The lowest BCUT2D eigenvalue weighted by molar-refractivity contribution is -0.117. The van der Waals surface area contributed by atoms with E-state index in [0.717, 1.165) is 23.3 Å². The summed E-state index contributed by atoms with van der Waals surface area (Å²) in [5.41, 5.74) is 4.18. The molecule has 3 heterocycles. The molecule has 1 aliphatic carbocycles. The minimum atomic E-state index is -0.0662. The van der Waals surface area contributed by atoms with Crippen molar-refractivity contribution in [2.75, 3.05) is 10.6 Å². The van der Waals surface area contributed by atoms with Crippen LogP contribution >= 0.6 is 11.6 Å². The van der Waals surface area contributed by atoms with Crippen LogP contribution in [0.15, 0.2) is 61.2 Å². The zero-order chi connectivity index (χ0) is 22.9. The number of hydrogen-bond acceptors (Lipinski definition) is 5. The zero-order valence-corrected chi connectivity index (χ0v) is 19.3. The highest BCUT2D eigenvalue weighted by Gasteiger charge is 2.44. The molecule has 168 valence electrons. The molecule has 4 aromatic rings. The number of anilines is 2. The Balaban J connectivity index is 1.20. The van der Waals surface area contributed by atoms with E-state index in [4.69, 9.17) is 11.6 Å². The molecule has 8 heteroatoms. The van der Waals surface area contributed by atoms with E-state index in [0.29, 0.717) is 29.1 Å². The van der Waals surface area contributed by atoms with Gasteiger partial charge >= 0.3 is 0 Å². The topological polar surface area (TPSA) is 84.2 Å². The third-order valence-electron chi connectivity index (χ3n) is 5.96. The van der Waals surface area contributed by atoms with E-state index in [2.05, 4.69) is 51.7 Å². The van der Waals surface area contributed by atoms with Crippen molar-refractivity contribution >= 4 is 34.8 Å². The number of amides is 1. The number of fused-ring (bicyclic) bond motifs is 1. The summed E-state index contributed by atoms with van der Waals surface area (Å²) in [6.45, 7) is 4.86. The molecule has 1 saturated carbocycles.